The summed E-state index contributed by atoms with van der Waals surface area (Å²) in [6.45, 7) is 0. The van der Waals surface area contributed by atoms with Gasteiger partial charge in [-0.15, -0.1) is 0 Å². The summed E-state index contributed by atoms with van der Waals surface area (Å²) in [4.78, 5) is 20.9. The third-order valence-electron chi connectivity index (χ3n) is 2.33. The smallest absolute Gasteiger partial charge is 0.339 e. The Morgan fingerprint density at radius 2 is 2.11 bits per heavy atom. The minimum atomic E-state index is -1.44. The van der Waals surface area contributed by atoms with Gasteiger partial charge in [-0.1, -0.05) is 0 Å². The van der Waals surface area contributed by atoms with Crippen molar-refractivity contribution in [1.29, 1.82) is 0 Å². The molecule has 1 aromatic heterocycles. The van der Waals surface area contributed by atoms with E-state index in [4.69, 9.17) is 9.52 Å². The van der Waals surface area contributed by atoms with Gasteiger partial charge in [0.15, 0.2) is 0 Å². The molecule has 0 aliphatic heterocycles. The number of nitro benzene ring substituents is 1. The highest BCUT2D eigenvalue weighted by Gasteiger charge is 2.23. The van der Waals surface area contributed by atoms with Gasteiger partial charge in [-0.05, 0) is 18.2 Å². The van der Waals surface area contributed by atoms with E-state index in [9.17, 15) is 20.0 Å². The average Bonchev–Trinajstić information content (AvgIpc) is 2.80. The van der Waals surface area contributed by atoms with Crippen molar-refractivity contribution in [1.82, 2.24) is 0 Å². The number of hydrogen-bond acceptors (Lipinski definition) is 5. The maximum Gasteiger partial charge on any atom is 0.339 e. The fraction of sp³-hybridized carbons (Fsp3) is 0. The van der Waals surface area contributed by atoms with Gasteiger partial charge < -0.3 is 14.6 Å². The summed E-state index contributed by atoms with van der Waals surface area (Å²) in [5.41, 5.74) is -0.954. The Kier molecular flexibility index (Phi) is 2.72. The van der Waals surface area contributed by atoms with Crippen LogP contribution in [0.2, 0.25) is 0 Å². The first kappa shape index (κ1) is 11.6. The molecule has 0 radical (unpaired) electrons. The Morgan fingerprint density at radius 1 is 1.39 bits per heavy atom. The van der Waals surface area contributed by atoms with Gasteiger partial charge in [0.2, 0.25) is 0 Å². The highest BCUT2D eigenvalue weighted by molar-refractivity contribution is 5.93. The first-order chi connectivity index (χ1) is 8.50. The lowest BCUT2D eigenvalue weighted by Crippen LogP contribution is -2.00. The lowest BCUT2D eigenvalue weighted by atomic mass is 10.1. The van der Waals surface area contributed by atoms with E-state index in [2.05, 4.69) is 0 Å². The molecule has 1 heterocycles. The van der Waals surface area contributed by atoms with Crippen LogP contribution >= 0.6 is 0 Å². The molecule has 0 aliphatic rings. The number of phenols is 1. The number of carboxylic acids is 1. The number of nitro groups is 1. The lowest BCUT2D eigenvalue weighted by molar-refractivity contribution is -0.384. The standard InChI is InChI=1S/C11H7NO6/c13-9-5-6(10-2-1-3-18-10)8(12(16)17)4-7(9)11(14)15/h1-5,13H,(H,14,15). The number of aromatic carboxylic acids is 1. The average molecular weight is 249 g/mol. The van der Waals surface area contributed by atoms with E-state index in [1.54, 1.807) is 0 Å². The highest BCUT2D eigenvalue weighted by Crippen LogP contribution is 2.35. The van der Waals surface area contributed by atoms with Crippen molar-refractivity contribution < 1.29 is 24.3 Å². The quantitative estimate of drug-likeness (QED) is 0.636. The zero-order valence-corrected chi connectivity index (χ0v) is 8.86. The van der Waals surface area contributed by atoms with Crippen molar-refractivity contribution in [3.05, 3.63) is 46.2 Å². The topological polar surface area (TPSA) is 114 Å². The molecule has 0 unspecified atom stereocenters. The maximum absolute atomic E-state index is 10.9. The summed E-state index contributed by atoms with van der Waals surface area (Å²) >= 11 is 0. The van der Waals surface area contributed by atoms with Gasteiger partial charge >= 0.3 is 5.97 Å². The second kappa shape index (κ2) is 4.21. The molecule has 2 rings (SSSR count). The number of nitrogens with zero attached hydrogens (tertiary/aromatic N) is 1. The number of furan rings is 1. The molecule has 2 aromatic rings. The van der Waals surface area contributed by atoms with E-state index in [1.165, 1.54) is 18.4 Å². The Morgan fingerprint density at radius 3 is 2.61 bits per heavy atom. The number of hydrogen-bond donors (Lipinski definition) is 2. The van der Waals surface area contributed by atoms with Gasteiger partial charge in [0.25, 0.3) is 5.69 Å². The minimum Gasteiger partial charge on any atom is -0.507 e. The molecular weight excluding hydrogens is 242 g/mol. The van der Waals surface area contributed by atoms with E-state index in [-0.39, 0.29) is 11.3 Å². The number of aromatic hydroxyl groups is 1. The highest BCUT2D eigenvalue weighted by atomic mass is 16.6. The number of benzene rings is 1. The molecule has 92 valence electrons. The molecule has 0 bridgehead atoms. The third kappa shape index (κ3) is 1.88. The van der Waals surface area contributed by atoms with Crippen LogP contribution in [0.5, 0.6) is 5.75 Å². The molecule has 2 N–H and O–H groups in total. The van der Waals surface area contributed by atoms with Crippen LogP contribution < -0.4 is 0 Å². The van der Waals surface area contributed by atoms with Crippen molar-refractivity contribution in [3.8, 4) is 17.1 Å². The van der Waals surface area contributed by atoms with Crippen molar-refractivity contribution in [2.75, 3.05) is 0 Å². The van der Waals surface area contributed by atoms with Crippen LogP contribution in [0.1, 0.15) is 10.4 Å². The van der Waals surface area contributed by atoms with Crippen molar-refractivity contribution >= 4 is 11.7 Å². The van der Waals surface area contributed by atoms with Gasteiger partial charge in [-0.2, -0.15) is 0 Å². The molecule has 0 saturated heterocycles. The predicted octanol–water partition coefficient (Wildman–Crippen LogP) is 2.26. The molecule has 0 fully saturated rings. The first-order valence-corrected chi connectivity index (χ1v) is 4.79. The molecule has 0 spiro atoms. The second-order valence-electron chi connectivity index (χ2n) is 3.43. The van der Waals surface area contributed by atoms with E-state index < -0.39 is 27.9 Å². The second-order valence-corrected chi connectivity index (χ2v) is 3.43. The monoisotopic (exact) mass is 249 g/mol. The largest absolute Gasteiger partial charge is 0.507 e. The lowest BCUT2D eigenvalue weighted by Gasteiger charge is -2.04. The summed E-state index contributed by atoms with van der Waals surface area (Å²) in [5, 5.41) is 29.2. The molecule has 0 atom stereocenters. The van der Waals surface area contributed by atoms with E-state index in [0.29, 0.717) is 0 Å². The van der Waals surface area contributed by atoms with Crippen LogP contribution in [0, 0.1) is 10.1 Å². The molecule has 0 amide bonds. The molecule has 7 heteroatoms. The fourth-order valence-corrected chi connectivity index (χ4v) is 1.53. The van der Waals surface area contributed by atoms with Crippen LogP contribution in [0.4, 0.5) is 5.69 Å². The molecular formula is C11H7NO6. The Hall–Kier alpha value is -2.83. The van der Waals surface area contributed by atoms with Crippen molar-refractivity contribution in [2.45, 2.75) is 0 Å². The Labute approximate surface area is 100 Å². The summed E-state index contributed by atoms with van der Waals surface area (Å²) in [6.07, 6.45) is 1.32. The Bertz CT molecular complexity index is 617. The van der Waals surface area contributed by atoms with Crippen LogP contribution in [0.15, 0.2) is 34.9 Å². The van der Waals surface area contributed by atoms with Gasteiger partial charge in [-0.25, -0.2) is 4.79 Å². The zero-order valence-electron chi connectivity index (χ0n) is 8.86. The van der Waals surface area contributed by atoms with Gasteiger partial charge in [0.1, 0.15) is 17.1 Å². The summed E-state index contributed by atoms with van der Waals surface area (Å²) in [6, 6.07) is 4.80. The molecule has 7 nitrogen and oxygen atoms in total. The van der Waals surface area contributed by atoms with Crippen molar-refractivity contribution in [2.24, 2.45) is 0 Å². The molecule has 0 saturated carbocycles. The van der Waals surface area contributed by atoms with Crippen LogP contribution in [-0.4, -0.2) is 21.1 Å². The van der Waals surface area contributed by atoms with Gasteiger partial charge in [0.05, 0.1) is 16.7 Å². The zero-order chi connectivity index (χ0) is 13.3. The predicted molar refractivity (Wildman–Crippen MR) is 59.4 cm³/mol. The van der Waals surface area contributed by atoms with Crippen LogP contribution in [0.25, 0.3) is 11.3 Å². The first-order valence-electron chi connectivity index (χ1n) is 4.79. The Balaban J connectivity index is 2.70. The normalized spacial score (nSPS) is 10.2. The SMILES string of the molecule is O=C(O)c1cc([N+](=O)[O-])c(-c2ccco2)cc1O. The van der Waals surface area contributed by atoms with Gasteiger partial charge in [0, 0.05) is 6.07 Å². The summed E-state index contributed by atoms with van der Waals surface area (Å²) in [7, 11) is 0. The van der Waals surface area contributed by atoms with E-state index in [1.807, 2.05) is 0 Å². The summed E-state index contributed by atoms with van der Waals surface area (Å²) in [5.74, 6) is -1.82. The van der Waals surface area contributed by atoms with E-state index in [0.717, 1.165) is 12.1 Å². The number of carbonyl (C=O) groups is 1. The number of rotatable bonds is 3. The van der Waals surface area contributed by atoms with Crippen LogP contribution in [0.3, 0.4) is 0 Å². The van der Waals surface area contributed by atoms with Crippen molar-refractivity contribution in [3.63, 3.8) is 0 Å². The van der Waals surface area contributed by atoms with Crippen LogP contribution in [-0.2, 0) is 0 Å². The van der Waals surface area contributed by atoms with Gasteiger partial charge in [-0.3, -0.25) is 10.1 Å². The number of carboxylic acid groups (broad SMARTS) is 1. The van der Waals surface area contributed by atoms with E-state index >= 15 is 0 Å². The third-order valence-corrected chi connectivity index (χ3v) is 2.33. The summed E-state index contributed by atoms with van der Waals surface area (Å²) < 4.78 is 5.00. The fourth-order valence-electron chi connectivity index (χ4n) is 1.53. The molecule has 18 heavy (non-hydrogen) atoms. The maximum atomic E-state index is 10.9. The molecule has 0 aliphatic carbocycles. The minimum absolute atomic E-state index is 0.0208. The molecule has 1 aromatic carbocycles.